The van der Waals surface area contributed by atoms with Crippen LogP contribution in [-0.2, 0) is 32.7 Å². The molecule has 0 heterocycles. The fraction of sp³-hybridized carbons (Fsp3) is 0.833. The Bertz CT molecular complexity index is 1080. The zero-order chi connectivity index (χ0) is 43.3. The number of unbranched alkanes of at least 4 members (excludes halogenated alkanes) is 25. The Morgan fingerprint density at radius 3 is 1.39 bits per heavy atom. The number of allylic oxidation sites excluding steroid dienone is 6. The number of esters is 2. The molecule has 59 heavy (non-hydrogen) atoms. The van der Waals surface area contributed by atoms with Crippen LogP contribution in [0.3, 0.4) is 0 Å². The molecule has 0 saturated heterocycles. The highest BCUT2D eigenvalue weighted by Crippen LogP contribution is 2.43. The molecule has 0 aromatic rings. The summed E-state index contributed by atoms with van der Waals surface area (Å²) in [6.07, 6.45) is 47.1. The van der Waals surface area contributed by atoms with Gasteiger partial charge in [0, 0.05) is 12.8 Å². The summed E-state index contributed by atoms with van der Waals surface area (Å²) >= 11 is 0. The molecular formula is C48H89O10P. The van der Waals surface area contributed by atoms with Crippen molar-refractivity contribution < 1.29 is 47.8 Å². The highest BCUT2D eigenvalue weighted by Gasteiger charge is 2.27. The van der Waals surface area contributed by atoms with Gasteiger partial charge in [-0.2, -0.15) is 0 Å². The summed E-state index contributed by atoms with van der Waals surface area (Å²) in [5.41, 5.74) is 0. The van der Waals surface area contributed by atoms with Crippen molar-refractivity contribution in [2.24, 2.45) is 0 Å². The minimum absolute atomic E-state index is 0.0780. The SMILES string of the molecule is CCCCCCCC/C=C/C/C=C/CCC(=O)OC(COC(=O)CCCCCCCCC/C=C/CCCCCCCCCCCCCC)COP(=O)(O)OC[C@H](O)CO. The fourth-order valence-electron chi connectivity index (χ4n) is 6.57. The number of carbonyl (C=O) groups is 2. The summed E-state index contributed by atoms with van der Waals surface area (Å²) < 4.78 is 32.7. The van der Waals surface area contributed by atoms with Gasteiger partial charge in [-0.25, -0.2) is 4.57 Å². The van der Waals surface area contributed by atoms with E-state index in [1.54, 1.807) is 0 Å². The van der Waals surface area contributed by atoms with Gasteiger partial charge in [-0.3, -0.25) is 18.6 Å². The summed E-state index contributed by atoms with van der Waals surface area (Å²) in [5, 5.41) is 18.3. The monoisotopic (exact) mass is 857 g/mol. The topological polar surface area (TPSA) is 149 Å². The summed E-state index contributed by atoms with van der Waals surface area (Å²) in [5.74, 6) is -1.00. The van der Waals surface area contributed by atoms with Gasteiger partial charge < -0.3 is 24.6 Å². The zero-order valence-electron chi connectivity index (χ0n) is 37.7. The summed E-state index contributed by atoms with van der Waals surface area (Å²) in [6, 6.07) is 0. The van der Waals surface area contributed by atoms with Crippen LogP contribution in [-0.4, -0.2) is 65.7 Å². The van der Waals surface area contributed by atoms with Gasteiger partial charge in [0.1, 0.15) is 12.7 Å². The Balaban J connectivity index is 4.20. The predicted molar refractivity (Wildman–Crippen MR) is 242 cm³/mol. The molecular weight excluding hydrogens is 767 g/mol. The maximum atomic E-state index is 12.6. The van der Waals surface area contributed by atoms with Gasteiger partial charge in [0.15, 0.2) is 6.10 Å². The number of ether oxygens (including phenoxy) is 2. The van der Waals surface area contributed by atoms with Gasteiger partial charge in [-0.1, -0.05) is 185 Å². The van der Waals surface area contributed by atoms with E-state index in [0.717, 1.165) is 38.5 Å². The van der Waals surface area contributed by atoms with E-state index in [0.29, 0.717) is 12.8 Å². The van der Waals surface area contributed by atoms with Crippen LogP contribution in [0.5, 0.6) is 0 Å². The van der Waals surface area contributed by atoms with Crippen LogP contribution in [0.4, 0.5) is 0 Å². The van der Waals surface area contributed by atoms with E-state index in [4.69, 9.17) is 19.1 Å². The number of aliphatic hydroxyl groups excluding tert-OH is 2. The third kappa shape index (κ3) is 44.1. The van der Waals surface area contributed by atoms with Crippen molar-refractivity contribution in [2.45, 2.75) is 232 Å². The van der Waals surface area contributed by atoms with Crippen LogP contribution in [0.25, 0.3) is 0 Å². The van der Waals surface area contributed by atoms with Crippen molar-refractivity contribution in [3.8, 4) is 0 Å². The molecule has 0 aromatic heterocycles. The third-order valence-corrected chi connectivity index (χ3v) is 11.2. The normalized spacial score (nSPS) is 14.1. The third-order valence-electron chi connectivity index (χ3n) is 10.3. The van der Waals surface area contributed by atoms with Crippen LogP contribution in [0, 0.1) is 0 Å². The fourth-order valence-corrected chi connectivity index (χ4v) is 7.36. The molecule has 0 saturated carbocycles. The Morgan fingerprint density at radius 2 is 0.915 bits per heavy atom. The maximum absolute atomic E-state index is 12.6. The Hall–Kier alpha value is -1.81. The molecule has 3 atom stereocenters. The van der Waals surface area contributed by atoms with E-state index in [9.17, 15) is 24.2 Å². The minimum Gasteiger partial charge on any atom is -0.462 e. The van der Waals surface area contributed by atoms with Crippen molar-refractivity contribution >= 4 is 19.8 Å². The first-order valence-electron chi connectivity index (χ1n) is 23.9. The molecule has 0 fully saturated rings. The lowest BCUT2D eigenvalue weighted by Gasteiger charge is -2.20. The van der Waals surface area contributed by atoms with Crippen LogP contribution < -0.4 is 0 Å². The molecule has 346 valence electrons. The average molecular weight is 857 g/mol. The maximum Gasteiger partial charge on any atom is 0.472 e. The number of hydrogen-bond acceptors (Lipinski definition) is 9. The standard InChI is InChI=1S/C48H89O10P/c1-3-5-7-9-11-13-15-17-18-19-20-21-22-23-24-25-26-28-29-31-33-35-37-39-47(51)55-43-46(44-57-59(53,54)56-42-45(50)41-49)58-48(52)40-38-36-34-32-30-27-16-14-12-10-8-6-4-2/h23-24,27,30,34,36,45-46,49-50H,3-22,25-26,28-29,31-33,35,37-44H2,1-2H3,(H,53,54)/b24-23+,30-27+,36-34+/t45-,46?/m1/s1. The molecule has 11 heteroatoms. The highest BCUT2D eigenvalue weighted by molar-refractivity contribution is 7.47. The summed E-state index contributed by atoms with van der Waals surface area (Å²) in [4.78, 5) is 35.0. The number of phosphoric acid groups is 1. The Morgan fingerprint density at radius 1 is 0.508 bits per heavy atom. The molecule has 0 aromatic carbocycles. The molecule has 0 radical (unpaired) electrons. The molecule has 0 bridgehead atoms. The van der Waals surface area contributed by atoms with Gasteiger partial charge in [0.05, 0.1) is 19.8 Å². The number of phosphoric ester groups is 1. The van der Waals surface area contributed by atoms with Crippen molar-refractivity contribution in [3.05, 3.63) is 36.5 Å². The summed E-state index contributed by atoms with van der Waals surface area (Å²) in [6.45, 7) is 2.32. The van der Waals surface area contributed by atoms with E-state index in [2.05, 4.69) is 42.7 Å². The Kier molecular flexibility index (Phi) is 42.9. The van der Waals surface area contributed by atoms with Crippen molar-refractivity contribution in [1.82, 2.24) is 0 Å². The van der Waals surface area contributed by atoms with Gasteiger partial charge in [-0.15, -0.1) is 0 Å². The second-order valence-electron chi connectivity index (χ2n) is 16.1. The molecule has 0 amide bonds. The zero-order valence-corrected chi connectivity index (χ0v) is 38.6. The molecule has 3 N–H and O–H groups in total. The first-order valence-corrected chi connectivity index (χ1v) is 25.4. The molecule has 0 aliphatic carbocycles. The quantitative estimate of drug-likeness (QED) is 0.0234. The second-order valence-corrected chi connectivity index (χ2v) is 17.6. The van der Waals surface area contributed by atoms with Crippen molar-refractivity contribution in [2.75, 3.05) is 26.4 Å². The molecule has 2 unspecified atom stereocenters. The van der Waals surface area contributed by atoms with Gasteiger partial charge in [0.2, 0.25) is 0 Å². The molecule has 0 spiro atoms. The molecule has 0 aliphatic heterocycles. The first-order chi connectivity index (χ1) is 28.7. The highest BCUT2D eigenvalue weighted by atomic mass is 31.2. The van der Waals surface area contributed by atoms with Gasteiger partial charge in [0.25, 0.3) is 0 Å². The van der Waals surface area contributed by atoms with Gasteiger partial charge >= 0.3 is 19.8 Å². The van der Waals surface area contributed by atoms with E-state index in [1.165, 1.54) is 141 Å². The molecule has 0 aliphatic rings. The second kappa shape index (κ2) is 44.3. The number of rotatable bonds is 45. The van der Waals surface area contributed by atoms with Crippen molar-refractivity contribution in [1.29, 1.82) is 0 Å². The minimum atomic E-state index is -4.63. The molecule has 10 nitrogen and oxygen atoms in total. The lowest BCUT2D eigenvalue weighted by Crippen LogP contribution is -2.29. The van der Waals surface area contributed by atoms with Crippen molar-refractivity contribution in [3.63, 3.8) is 0 Å². The van der Waals surface area contributed by atoms with E-state index in [1.807, 2.05) is 12.2 Å². The van der Waals surface area contributed by atoms with E-state index >= 15 is 0 Å². The van der Waals surface area contributed by atoms with E-state index < -0.39 is 51.8 Å². The largest absolute Gasteiger partial charge is 0.472 e. The lowest BCUT2D eigenvalue weighted by molar-refractivity contribution is -0.161. The van der Waals surface area contributed by atoms with Crippen LogP contribution in [0.1, 0.15) is 219 Å². The van der Waals surface area contributed by atoms with Crippen LogP contribution in [0.2, 0.25) is 0 Å². The number of carbonyl (C=O) groups excluding carboxylic acids is 2. The smallest absolute Gasteiger partial charge is 0.462 e. The predicted octanol–water partition coefficient (Wildman–Crippen LogP) is 13.1. The van der Waals surface area contributed by atoms with E-state index in [-0.39, 0.29) is 19.4 Å². The first kappa shape index (κ1) is 57.2. The average Bonchev–Trinajstić information content (AvgIpc) is 3.22. The lowest BCUT2D eigenvalue weighted by atomic mass is 10.0. The molecule has 0 rings (SSSR count). The number of hydrogen-bond donors (Lipinski definition) is 3. The Labute approximate surface area is 361 Å². The van der Waals surface area contributed by atoms with Crippen LogP contribution in [0.15, 0.2) is 36.5 Å². The summed E-state index contributed by atoms with van der Waals surface area (Å²) in [7, 11) is -4.63. The van der Waals surface area contributed by atoms with Gasteiger partial charge in [-0.05, 0) is 57.8 Å². The van der Waals surface area contributed by atoms with Crippen LogP contribution >= 0.6 is 7.82 Å². The number of aliphatic hydroxyl groups is 2.